The first-order chi connectivity index (χ1) is 43.9. The molecule has 10 fully saturated rings. The molecule has 7 saturated carbocycles. The SMILES string of the molecule is CC1CC2=C3C4C5=C6C(C=C7C=CCC(CCC=O)CCC8CCC9(CCCC(C9)C7CC7C69C(=O)OC(=C(O)CC(C6CC%10(CCCC%10)C%10(CCCC%10%11CCCC%11)C6)N6CC%10CC(C6)C(CC2)N3C%10)C9(CC5)C72OC(=O)c3c(CCCN)cccc32)C8)CC14. The van der Waals surface area contributed by atoms with Crippen LogP contribution in [0, 0.1) is 104 Å². The Morgan fingerprint density at radius 1 is 0.778 bits per heavy atom. The second-order valence-electron chi connectivity index (χ2n) is 35.6. The molecular formula is C81H107N3O6. The van der Waals surface area contributed by atoms with E-state index < -0.39 is 16.4 Å². The van der Waals surface area contributed by atoms with Crippen LogP contribution in [0.1, 0.15) is 253 Å². The van der Waals surface area contributed by atoms with Gasteiger partial charge in [-0.2, -0.15) is 0 Å². The van der Waals surface area contributed by atoms with Crippen molar-refractivity contribution in [2.45, 2.75) is 256 Å². The fourth-order valence-electron chi connectivity index (χ4n) is 30.0. The van der Waals surface area contributed by atoms with Gasteiger partial charge >= 0.3 is 11.9 Å². The Morgan fingerprint density at radius 2 is 1.63 bits per heavy atom. The molecule has 22 rings (SSSR count). The van der Waals surface area contributed by atoms with Crippen molar-refractivity contribution in [2.24, 2.45) is 109 Å². The highest BCUT2D eigenvalue weighted by atomic mass is 16.6. The number of carbonyl (C=O) groups excluding carboxylic acids is 3. The molecule has 3 saturated heterocycles. The number of rotatable bonds is 7. The lowest BCUT2D eigenvalue weighted by Gasteiger charge is -2.73. The van der Waals surface area contributed by atoms with E-state index in [4.69, 9.17) is 15.2 Å². The second kappa shape index (κ2) is 20.5. The monoisotopic (exact) mass is 1220 g/mol. The van der Waals surface area contributed by atoms with Crippen molar-refractivity contribution in [2.75, 3.05) is 26.2 Å². The molecule has 0 amide bonds. The molecule has 9 aliphatic heterocycles. The lowest BCUT2D eigenvalue weighted by molar-refractivity contribution is -0.283. The number of aldehydes is 1. The molecule has 3 N–H and O–H groups in total. The second-order valence-corrected chi connectivity index (χ2v) is 35.6. The number of esters is 2. The van der Waals surface area contributed by atoms with E-state index in [1.165, 1.54) is 184 Å². The molecule has 9 heterocycles. The number of hydrogen-bond donors (Lipinski definition) is 2. The van der Waals surface area contributed by atoms with Gasteiger partial charge in [0.05, 0.1) is 11.0 Å². The molecule has 20 atom stereocenters. The minimum absolute atomic E-state index is 0.00624. The van der Waals surface area contributed by atoms with Crippen LogP contribution in [0.2, 0.25) is 0 Å². The average molecular weight is 1220 g/mol. The molecule has 0 radical (unpaired) electrons. The van der Waals surface area contributed by atoms with Crippen LogP contribution in [0.25, 0.3) is 0 Å². The molecule has 15 bridgehead atoms. The van der Waals surface area contributed by atoms with Crippen molar-refractivity contribution >= 4 is 18.2 Å². The number of carbonyl (C=O) groups is 3. The minimum atomic E-state index is -1.22. The molecule has 21 aliphatic rings. The number of allylic oxidation sites excluding steroid dienone is 6. The third kappa shape index (κ3) is 7.39. The Bertz CT molecular complexity index is 3350. The van der Waals surface area contributed by atoms with Crippen LogP contribution < -0.4 is 5.73 Å². The summed E-state index contributed by atoms with van der Waals surface area (Å²) in [5, 5.41) is 14.4. The van der Waals surface area contributed by atoms with Gasteiger partial charge in [-0.3, -0.25) is 9.69 Å². The number of piperidine rings is 2. The maximum atomic E-state index is 17.4. The average Bonchev–Trinajstić information content (AvgIpc) is 1.31. The van der Waals surface area contributed by atoms with E-state index in [1.807, 2.05) is 0 Å². The Hall–Kier alpha value is -3.95. The largest absolute Gasteiger partial charge is 0.509 e. The summed E-state index contributed by atoms with van der Waals surface area (Å²) in [6.07, 6.45) is 51.0. The van der Waals surface area contributed by atoms with Crippen molar-refractivity contribution in [1.29, 1.82) is 0 Å². The minimum Gasteiger partial charge on any atom is -0.509 e. The van der Waals surface area contributed by atoms with E-state index in [0.717, 1.165) is 81.5 Å². The molecule has 1 aromatic rings. The molecule has 12 aliphatic carbocycles. The van der Waals surface area contributed by atoms with Crippen LogP contribution in [0.3, 0.4) is 0 Å². The molecule has 90 heavy (non-hydrogen) atoms. The van der Waals surface area contributed by atoms with Crippen LogP contribution in [0.4, 0.5) is 0 Å². The third-order valence-corrected chi connectivity index (χ3v) is 32.6. The van der Waals surface area contributed by atoms with Gasteiger partial charge in [0.2, 0.25) is 0 Å². The summed E-state index contributed by atoms with van der Waals surface area (Å²) >= 11 is 0. The summed E-state index contributed by atoms with van der Waals surface area (Å²) in [5.74, 6) is 4.68. The predicted octanol–water partition coefficient (Wildman–Crippen LogP) is 16.7. The zero-order valence-corrected chi connectivity index (χ0v) is 54.9. The number of aryl methyl sites for hydroxylation is 1. The van der Waals surface area contributed by atoms with Gasteiger partial charge in [-0.15, -0.1) is 0 Å². The topological polar surface area (TPSA) is 122 Å². The number of nitrogens with two attached hydrogens (primary N) is 1. The lowest BCUT2D eigenvalue weighted by Crippen LogP contribution is -2.78. The predicted molar refractivity (Wildman–Crippen MR) is 349 cm³/mol. The highest BCUT2D eigenvalue weighted by molar-refractivity contribution is 6.00. The van der Waals surface area contributed by atoms with Crippen molar-refractivity contribution in [3.63, 3.8) is 0 Å². The summed E-state index contributed by atoms with van der Waals surface area (Å²) in [6, 6.07) is 7.24. The Balaban J connectivity index is 0.859. The lowest BCUT2D eigenvalue weighted by atomic mass is 9.27. The van der Waals surface area contributed by atoms with Gasteiger partial charge in [0, 0.05) is 73.6 Å². The quantitative estimate of drug-likeness (QED) is 0.156. The van der Waals surface area contributed by atoms with Gasteiger partial charge in [-0.25, -0.2) is 4.79 Å². The standard InChI is InChI=1S/C81H107N3O6/c1-49-36-55-21-22-64-58-37-52-46-83(48-58)65(59-44-77(28-4-5-29-77)78(45-59)31-11-30-76(78)26-2-3-27-76)41-66(86)72-79-33-24-60-69(71(55)84(64)47-52)61(49)39-57-38-54-15-6-12-50(13-10-35-85)19-20-51-23-32-75(42-51)25-8-16-56(43-75)62(54)40-67(80(79,70(57)60)74(88)89-72)81(79)63-18-7-14-53(17-9-34-82)68(63)73(87)90-81/h6-7,14-15,18,35,38,49-52,56-59,61-62,64-65,67,69,86H,2-5,8-13,16-17,19-34,36-37,39-48,82H2,1H3. The summed E-state index contributed by atoms with van der Waals surface area (Å²) < 4.78 is 15.3. The number of fused-ring (bicyclic) bond motifs is 9. The van der Waals surface area contributed by atoms with E-state index in [9.17, 15) is 9.90 Å². The number of hydrogen-bond acceptors (Lipinski definition) is 9. The molecule has 7 spiro atoms. The Kier molecular flexibility index (Phi) is 13.1. The van der Waals surface area contributed by atoms with Gasteiger partial charge in [-0.1, -0.05) is 99.4 Å². The van der Waals surface area contributed by atoms with E-state index in [-0.39, 0.29) is 41.7 Å². The van der Waals surface area contributed by atoms with Crippen LogP contribution in [0.5, 0.6) is 0 Å². The first-order valence-corrected chi connectivity index (χ1v) is 38.4. The molecule has 9 heteroatoms. The number of aliphatic hydroxyl groups excluding tert-OH is 1. The van der Waals surface area contributed by atoms with E-state index in [1.54, 1.807) is 11.3 Å². The molecule has 9 nitrogen and oxygen atoms in total. The van der Waals surface area contributed by atoms with Crippen molar-refractivity contribution in [1.82, 2.24) is 9.80 Å². The smallest absolute Gasteiger partial charge is 0.339 e. The highest BCUT2D eigenvalue weighted by Crippen LogP contribution is 2.89. The van der Waals surface area contributed by atoms with Crippen LogP contribution >= 0.6 is 0 Å². The number of nitrogens with zero attached hydrogens (tertiary/aromatic N) is 2. The number of ether oxygens (including phenoxy) is 2. The third-order valence-electron chi connectivity index (χ3n) is 32.6. The summed E-state index contributed by atoms with van der Waals surface area (Å²) in [4.78, 5) is 51.4. The van der Waals surface area contributed by atoms with Gasteiger partial charge in [0.1, 0.15) is 17.5 Å². The molecule has 1 aromatic carbocycles. The van der Waals surface area contributed by atoms with E-state index in [0.29, 0.717) is 118 Å². The van der Waals surface area contributed by atoms with Crippen LogP contribution in [-0.4, -0.2) is 71.4 Å². The van der Waals surface area contributed by atoms with E-state index >= 15 is 9.59 Å². The van der Waals surface area contributed by atoms with Gasteiger partial charge < -0.3 is 30.0 Å². The van der Waals surface area contributed by atoms with Gasteiger partial charge in [0.15, 0.2) is 11.4 Å². The molecular weight excluding hydrogens is 1110 g/mol. The van der Waals surface area contributed by atoms with Gasteiger partial charge in [0.25, 0.3) is 0 Å². The first kappa shape index (κ1) is 57.5. The van der Waals surface area contributed by atoms with Crippen molar-refractivity contribution in [3.05, 3.63) is 92.6 Å². The van der Waals surface area contributed by atoms with E-state index in [2.05, 4.69) is 53.2 Å². The van der Waals surface area contributed by atoms with Crippen LogP contribution in [0.15, 0.2) is 75.9 Å². The highest BCUT2D eigenvalue weighted by Gasteiger charge is 2.94. The molecule has 0 aromatic heterocycles. The zero-order valence-electron chi connectivity index (χ0n) is 54.9. The fourth-order valence-corrected chi connectivity index (χ4v) is 30.0. The van der Waals surface area contributed by atoms with Gasteiger partial charge in [-0.05, 0) is 272 Å². The number of benzene rings is 1. The fraction of sp³-hybridized carbons (Fsp3) is 0.765. The summed E-state index contributed by atoms with van der Waals surface area (Å²) in [6.45, 7) is 6.45. The first-order valence-electron chi connectivity index (χ1n) is 38.4. The van der Waals surface area contributed by atoms with Crippen molar-refractivity contribution in [3.8, 4) is 0 Å². The molecule has 20 unspecified atom stereocenters. The van der Waals surface area contributed by atoms with Crippen LogP contribution in [-0.2, 0) is 31.1 Å². The normalized spacial score (nSPS) is 46.8. The summed E-state index contributed by atoms with van der Waals surface area (Å²) in [7, 11) is 0. The Labute approximate surface area is 538 Å². The number of aliphatic hydroxyl groups is 1. The Morgan fingerprint density at radius 3 is 2.49 bits per heavy atom. The molecule has 482 valence electrons. The van der Waals surface area contributed by atoms with Crippen molar-refractivity contribution < 1.29 is 29.0 Å². The zero-order chi connectivity index (χ0) is 60.3. The maximum absolute atomic E-state index is 17.4. The maximum Gasteiger partial charge on any atom is 0.339 e. The summed E-state index contributed by atoms with van der Waals surface area (Å²) in [5.41, 5.74) is 14.8.